The second-order valence-electron chi connectivity index (χ2n) is 5.90. The Bertz CT molecular complexity index is 1060. The molecular formula is C21H16ClN3O. The van der Waals surface area contributed by atoms with Crippen LogP contribution in [0.25, 0.3) is 16.9 Å². The molecule has 0 atom stereocenters. The Kier molecular flexibility index (Phi) is 4.42. The molecule has 0 saturated heterocycles. The molecular weight excluding hydrogens is 346 g/mol. The van der Waals surface area contributed by atoms with Crippen molar-refractivity contribution in [2.45, 2.75) is 6.54 Å². The highest BCUT2D eigenvalue weighted by molar-refractivity contribution is 6.30. The number of fused-ring (bicyclic) bond motifs is 1. The molecule has 2 aromatic carbocycles. The fourth-order valence-electron chi connectivity index (χ4n) is 2.92. The molecule has 0 bridgehead atoms. The van der Waals surface area contributed by atoms with E-state index in [1.807, 2.05) is 71.3 Å². The van der Waals surface area contributed by atoms with Gasteiger partial charge in [-0.15, -0.1) is 0 Å². The first-order chi connectivity index (χ1) is 12.7. The zero-order chi connectivity index (χ0) is 17.9. The fraction of sp³-hybridized carbons (Fsp3) is 0.0476. The third-order valence-corrected chi connectivity index (χ3v) is 4.40. The number of nitrogens with zero attached hydrogens (tertiary/aromatic N) is 2. The summed E-state index contributed by atoms with van der Waals surface area (Å²) in [7, 11) is 0. The summed E-state index contributed by atoms with van der Waals surface area (Å²) in [6.07, 6.45) is 1.82. The number of benzene rings is 2. The van der Waals surface area contributed by atoms with Crippen LogP contribution in [0.4, 0.5) is 0 Å². The van der Waals surface area contributed by atoms with Gasteiger partial charge in [-0.25, -0.2) is 4.98 Å². The van der Waals surface area contributed by atoms with E-state index in [4.69, 9.17) is 16.6 Å². The van der Waals surface area contributed by atoms with Gasteiger partial charge < -0.3 is 9.72 Å². The third-order valence-electron chi connectivity index (χ3n) is 4.18. The van der Waals surface area contributed by atoms with Gasteiger partial charge in [0.25, 0.3) is 5.91 Å². The van der Waals surface area contributed by atoms with E-state index in [1.54, 1.807) is 12.1 Å². The van der Waals surface area contributed by atoms with Crippen molar-refractivity contribution in [3.05, 3.63) is 95.3 Å². The van der Waals surface area contributed by atoms with Gasteiger partial charge in [-0.1, -0.05) is 60.1 Å². The largest absolute Gasteiger partial charge is 0.346 e. The van der Waals surface area contributed by atoms with E-state index in [-0.39, 0.29) is 5.91 Å². The summed E-state index contributed by atoms with van der Waals surface area (Å²) in [5.74, 6) is -0.124. The molecule has 1 N–H and O–H groups in total. The maximum absolute atomic E-state index is 12.4. The Balaban J connectivity index is 1.72. The average Bonchev–Trinajstić information content (AvgIpc) is 3.05. The molecule has 0 radical (unpaired) electrons. The van der Waals surface area contributed by atoms with Gasteiger partial charge in [0.2, 0.25) is 0 Å². The number of pyridine rings is 1. The van der Waals surface area contributed by atoms with Crippen LogP contribution in [0.3, 0.4) is 0 Å². The van der Waals surface area contributed by atoms with E-state index < -0.39 is 0 Å². The van der Waals surface area contributed by atoms with Crippen molar-refractivity contribution in [3.8, 4) is 11.3 Å². The number of aromatic nitrogens is 2. The number of hydrogen-bond acceptors (Lipinski definition) is 2. The number of nitrogens with one attached hydrogen (secondary N) is 1. The monoisotopic (exact) mass is 361 g/mol. The summed E-state index contributed by atoms with van der Waals surface area (Å²) in [4.78, 5) is 17.2. The van der Waals surface area contributed by atoms with Crippen LogP contribution in [0, 0.1) is 0 Å². The minimum atomic E-state index is -0.124. The topological polar surface area (TPSA) is 46.4 Å². The van der Waals surface area contributed by atoms with Crippen molar-refractivity contribution >= 4 is 23.2 Å². The highest BCUT2D eigenvalue weighted by atomic mass is 35.5. The minimum absolute atomic E-state index is 0.124. The molecule has 0 unspecified atom stereocenters. The highest BCUT2D eigenvalue weighted by Gasteiger charge is 2.15. The van der Waals surface area contributed by atoms with Gasteiger partial charge in [0.15, 0.2) is 0 Å². The third kappa shape index (κ3) is 3.19. The van der Waals surface area contributed by atoms with Crippen molar-refractivity contribution < 1.29 is 4.79 Å². The van der Waals surface area contributed by atoms with Gasteiger partial charge in [-0.2, -0.15) is 0 Å². The second-order valence-corrected chi connectivity index (χ2v) is 6.33. The van der Waals surface area contributed by atoms with Gasteiger partial charge in [-0.05, 0) is 24.3 Å². The maximum Gasteiger partial charge on any atom is 0.251 e. The van der Waals surface area contributed by atoms with E-state index in [0.29, 0.717) is 17.1 Å². The van der Waals surface area contributed by atoms with E-state index in [1.165, 1.54) is 0 Å². The fourth-order valence-corrected chi connectivity index (χ4v) is 3.08. The van der Waals surface area contributed by atoms with Crippen LogP contribution in [0.2, 0.25) is 5.02 Å². The lowest BCUT2D eigenvalue weighted by atomic mass is 10.1. The highest BCUT2D eigenvalue weighted by Crippen LogP contribution is 2.25. The van der Waals surface area contributed by atoms with Crippen molar-refractivity contribution in [1.29, 1.82) is 0 Å². The Morgan fingerprint density at radius 1 is 0.962 bits per heavy atom. The summed E-state index contributed by atoms with van der Waals surface area (Å²) >= 11 is 6.17. The van der Waals surface area contributed by atoms with Crippen LogP contribution >= 0.6 is 11.6 Å². The maximum atomic E-state index is 12.4. The number of hydrogen-bond donors (Lipinski definition) is 1. The summed E-state index contributed by atoms with van der Waals surface area (Å²) in [6, 6.07) is 22.8. The molecule has 0 aliphatic carbocycles. The molecule has 0 saturated carbocycles. The molecule has 0 fully saturated rings. The summed E-state index contributed by atoms with van der Waals surface area (Å²) in [5, 5.41) is 3.60. The summed E-state index contributed by atoms with van der Waals surface area (Å²) in [5.41, 5.74) is 4.13. The smallest absolute Gasteiger partial charge is 0.251 e. The summed E-state index contributed by atoms with van der Waals surface area (Å²) in [6.45, 7) is 0.347. The molecule has 26 heavy (non-hydrogen) atoms. The van der Waals surface area contributed by atoms with E-state index in [2.05, 4.69) is 5.32 Å². The van der Waals surface area contributed by atoms with E-state index >= 15 is 0 Å². The minimum Gasteiger partial charge on any atom is -0.346 e. The SMILES string of the molecule is O=C(NCc1c(-c2ccccc2)nc2ccc(Cl)cn12)c1ccccc1. The van der Waals surface area contributed by atoms with Crippen molar-refractivity contribution in [2.24, 2.45) is 0 Å². The first-order valence-corrected chi connectivity index (χ1v) is 8.65. The number of carbonyl (C=O) groups is 1. The molecule has 5 heteroatoms. The molecule has 128 valence electrons. The van der Waals surface area contributed by atoms with E-state index in [9.17, 15) is 4.79 Å². The van der Waals surface area contributed by atoms with Crippen LogP contribution in [-0.4, -0.2) is 15.3 Å². The van der Waals surface area contributed by atoms with E-state index in [0.717, 1.165) is 22.6 Å². The Morgan fingerprint density at radius 3 is 2.38 bits per heavy atom. The van der Waals surface area contributed by atoms with Crippen LogP contribution in [0.1, 0.15) is 16.1 Å². The van der Waals surface area contributed by atoms with Gasteiger partial charge in [0.05, 0.1) is 23.0 Å². The quantitative estimate of drug-likeness (QED) is 0.578. The van der Waals surface area contributed by atoms with Crippen molar-refractivity contribution in [2.75, 3.05) is 0 Å². The lowest BCUT2D eigenvalue weighted by Gasteiger charge is -2.08. The Labute approximate surface area is 156 Å². The molecule has 4 rings (SSSR count). The van der Waals surface area contributed by atoms with Crippen molar-refractivity contribution in [3.63, 3.8) is 0 Å². The normalized spacial score (nSPS) is 10.8. The number of rotatable bonds is 4. The standard InChI is InChI=1S/C21H16ClN3O/c22-17-11-12-19-24-20(15-7-3-1-4-8-15)18(25(19)14-17)13-23-21(26)16-9-5-2-6-10-16/h1-12,14H,13H2,(H,23,26). The molecule has 0 spiro atoms. The van der Waals surface area contributed by atoms with Crippen LogP contribution < -0.4 is 5.32 Å². The first kappa shape index (κ1) is 16.4. The van der Waals surface area contributed by atoms with Gasteiger partial charge in [0, 0.05) is 17.3 Å². The average molecular weight is 362 g/mol. The zero-order valence-corrected chi connectivity index (χ0v) is 14.6. The second kappa shape index (κ2) is 7.02. The molecule has 0 aliphatic heterocycles. The zero-order valence-electron chi connectivity index (χ0n) is 13.9. The Hall–Kier alpha value is -3.11. The number of imidazole rings is 1. The predicted molar refractivity (Wildman–Crippen MR) is 103 cm³/mol. The van der Waals surface area contributed by atoms with Crippen LogP contribution in [0.5, 0.6) is 0 Å². The van der Waals surface area contributed by atoms with Gasteiger partial charge >= 0.3 is 0 Å². The lowest BCUT2D eigenvalue weighted by molar-refractivity contribution is 0.0950. The first-order valence-electron chi connectivity index (χ1n) is 8.27. The molecule has 2 aromatic heterocycles. The summed E-state index contributed by atoms with van der Waals surface area (Å²) < 4.78 is 1.93. The predicted octanol–water partition coefficient (Wildman–Crippen LogP) is 4.58. The Morgan fingerprint density at radius 2 is 1.65 bits per heavy atom. The number of amides is 1. The lowest BCUT2D eigenvalue weighted by Crippen LogP contribution is -2.23. The van der Waals surface area contributed by atoms with Crippen LogP contribution in [0.15, 0.2) is 79.0 Å². The van der Waals surface area contributed by atoms with Gasteiger partial charge in [0.1, 0.15) is 5.65 Å². The van der Waals surface area contributed by atoms with Crippen molar-refractivity contribution in [1.82, 2.24) is 14.7 Å². The molecule has 2 heterocycles. The number of halogens is 1. The molecule has 0 aliphatic rings. The molecule has 4 aromatic rings. The van der Waals surface area contributed by atoms with Gasteiger partial charge in [-0.3, -0.25) is 4.79 Å². The number of carbonyl (C=O) groups excluding carboxylic acids is 1. The van der Waals surface area contributed by atoms with Crippen LogP contribution in [-0.2, 0) is 6.54 Å². The molecule has 4 nitrogen and oxygen atoms in total. The molecule has 1 amide bonds.